The van der Waals surface area contributed by atoms with E-state index in [0.29, 0.717) is 0 Å². The molecule has 0 amide bonds. The summed E-state index contributed by atoms with van der Waals surface area (Å²) in [4.78, 5) is 0. The summed E-state index contributed by atoms with van der Waals surface area (Å²) in [5, 5.41) is 2.70. The molecule has 124 valence electrons. The van der Waals surface area contributed by atoms with Gasteiger partial charge in [0.05, 0.1) is 0 Å². The lowest BCUT2D eigenvalue weighted by atomic mass is 9.96. The van der Waals surface area contributed by atoms with Crippen LogP contribution in [0.4, 0.5) is 0 Å². The summed E-state index contributed by atoms with van der Waals surface area (Å²) < 4.78 is 2.73. The van der Waals surface area contributed by atoms with Crippen molar-refractivity contribution in [2.24, 2.45) is 0 Å². The Labute approximate surface area is 157 Å². The molecule has 26 heavy (non-hydrogen) atoms. The standard InChI is InChI=1S/C25H18S/c1-17-14-19(18-8-3-2-4-9-18)16-20(15-17)21-11-7-12-23-22-10-5-6-13-24(22)26-25(21)23/h2-16H,1H3. The Bertz CT molecular complexity index is 1230. The molecule has 1 heteroatoms. The first-order chi connectivity index (χ1) is 12.8. The average molecular weight is 350 g/mol. The first-order valence-corrected chi connectivity index (χ1v) is 9.69. The van der Waals surface area contributed by atoms with Crippen molar-refractivity contribution in [3.63, 3.8) is 0 Å². The number of fused-ring (bicyclic) bond motifs is 3. The van der Waals surface area contributed by atoms with Crippen molar-refractivity contribution in [1.29, 1.82) is 0 Å². The van der Waals surface area contributed by atoms with Gasteiger partial charge in [0.1, 0.15) is 0 Å². The molecule has 1 aromatic heterocycles. The topological polar surface area (TPSA) is 0 Å². The molecule has 4 aromatic carbocycles. The third-order valence-corrected chi connectivity index (χ3v) is 6.12. The first-order valence-electron chi connectivity index (χ1n) is 8.87. The molecule has 5 aromatic rings. The van der Waals surface area contributed by atoms with Crippen LogP contribution in [0.1, 0.15) is 5.56 Å². The molecule has 0 radical (unpaired) electrons. The molecule has 5 rings (SSSR count). The van der Waals surface area contributed by atoms with Crippen LogP contribution < -0.4 is 0 Å². The average Bonchev–Trinajstić information content (AvgIpc) is 3.07. The molecule has 0 saturated heterocycles. The van der Waals surface area contributed by atoms with Crippen LogP contribution in [0, 0.1) is 6.92 Å². The highest BCUT2D eigenvalue weighted by Gasteiger charge is 2.11. The molecule has 0 fully saturated rings. The lowest BCUT2D eigenvalue weighted by molar-refractivity contribution is 1.46. The van der Waals surface area contributed by atoms with Crippen molar-refractivity contribution in [2.45, 2.75) is 6.92 Å². The molecule has 0 unspecified atom stereocenters. The molecule has 0 saturated carbocycles. The van der Waals surface area contributed by atoms with E-state index in [1.807, 2.05) is 11.3 Å². The van der Waals surface area contributed by atoms with E-state index in [-0.39, 0.29) is 0 Å². The van der Waals surface area contributed by atoms with Gasteiger partial charge in [-0.15, -0.1) is 11.3 Å². The van der Waals surface area contributed by atoms with Gasteiger partial charge in [-0.3, -0.25) is 0 Å². The summed E-state index contributed by atoms with van der Waals surface area (Å²) >= 11 is 1.89. The minimum atomic E-state index is 1.26. The molecular formula is C25H18S. The number of aryl methyl sites for hydroxylation is 1. The highest BCUT2D eigenvalue weighted by Crippen LogP contribution is 2.40. The monoisotopic (exact) mass is 350 g/mol. The van der Waals surface area contributed by atoms with Crippen molar-refractivity contribution in [3.8, 4) is 22.3 Å². The molecule has 0 bridgehead atoms. The Hall–Kier alpha value is -2.90. The van der Waals surface area contributed by atoms with Gasteiger partial charge >= 0.3 is 0 Å². The fourth-order valence-corrected chi connectivity index (χ4v) is 4.95. The van der Waals surface area contributed by atoms with Crippen LogP contribution in [-0.2, 0) is 0 Å². The predicted octanol–water partition coefficient (Wildman–Crippen LogP) is 7.70. The van der Waals surface area contributed by atoms with Gasteiger partial charge in [-0.1, -0.05) is 78.9 Å². The number of hydrogen-bond acceptors (Lipinski definition) is 1. The quantitative estimate of drug-likeness (QED) is 0.306. The van der Waals surface area contributed by atoms with Crippen LogP contribution in [0.2, 0.25) is 0 Å². The Balaban J connectivity index is 1.77. The molecule has 0 aliphatic carbocycles. The Morgan fingerprint density at radius 2 is 1.31 bits per heavy atom. The van der Waals surface area contributed by atoms with Gasteiger partial charge in [-0.05, 0) is 46.9 Å². The van der Waals surface area contributed by atoms with Crippen LogP contribution in [0.5, 0.6) is 0 Å². The summed E-state index contributed by atoms with van der Waals surface area (Å²) in [6.07, 6.45) is 0. The van der Waals surface area contributed by atoms with Crippen molar-refractivity contribution in [3.05, 3.63) is 96.6 Å². The molecule has 0 N–H and O–H groups in total. The summed E-state index contributed by atoms with van der Waals surface area (Å²) in [5.74, 6) is 0. The van der Waals surface area contributed by atoms with Crippen LogP contribution >= 0.6 is 11.3 Å². The highest BCUT2D eigenvalue weighted by molar-refractivity contribution is 7.26. The van der Waals surface area contributed by atoms with Crippen LogP contribution in [0.15, 0.2) is 91.0 Å². The third-order valence-electron chi connectivity index (χ3n) is 4.90. The van der Waals surface area contributed by atoms with E-state index in [1.54, 1.807) is 0 Å². The Morgan fingerprint density at radius 1 is 0.577 bits per heavy atom. The zero-order valence-electron chi connectivity index (χ0n) is 14.6. The molecule has 0 atom stereocenters. The predicted molar refractivity (Wildman–Crippen MR) is 115 cm³/mol. The van der Waals surface area contributed by atoms with E-state index >= 15 is 0 Å². The van der Waals surface area contributed by atoms with Crippen LogP contribution in [0.25, 0.3) is 42.4 Å². The molecule has 0 aliphatic heterocycles. The van der Waals surface area contributed by atoms with E-state index in [2.05, 4.69) is 97.9 Å². The van der Waals surface area contributed by atoms with Gasteiger partial charge < -0.3 is 0 Å². The van der Waals surface area contributed by atoms with Crippen molar-refractivity contribution < 1.29 is 0 Å². The lowest BCUT2D eigenvalue weighted by Crippen LogP contribution is -1.84. The van der Waals surface area contributed by atoms with Crippen LogP contribution in [-0.4, -0.2) is 0 Å². The Kier molecular flexibility index (Phi) is 3.62. The number of thiophene rings is 1. The molecular weight excluding hydrogens is 332 g/mol. The van der Waals surface area contributed by atoms with E-state index in [0.717, 1.165) is 0 Å². The third kappa shape index (κ3) is 2.53. The van der Waals surface area contributed by atoms with E-state index in [4.69, 9.17) is 0 Å². The second kappa shape index (κ2) is 6.12. The Morgan fingerprint density at radius 3 is 2.19 bits per heavy atom. The second-order valence-electron chi connectivity index (χ2n) is 6.73. The smallest absolute Gasteiger partial charge is 0.0433 e. The van der Waals surface area contributed by atoms with Gasteiger partial charge in [0, 0.05) is 20.2 Å². The minimum Gasteiger partial charge on any atom is -0.135 e. The van der Waals surface area contributed by atoms with Crippen LogP contribution in [0.3, 0.4) is 0 Å². The maximum Gasteiger partial charge on any atom is 0.0433 e. The second-order valence-corrected chi connectivity index (χ2v) is 7.79. The van der Waals surface area contributed by atoms with Gasteiger partial charge in [-0.2, -0.15) is 0 Å². The fraction of sp³-hybridized carbons (Fsp3) is 0.0400. The fourth-order valence-electron chi connectivity index (χ4n) is 3.71. The number of rotatable bonds is 2. The van der Waals surface area contributed by atoms with Gasteiger partial charge in [0.25, 0.3) is 0 Å². The van der Waals surface area contributed by atoms with Gasteiger partial charge in [-0.25, -0.2) is 0 Å². The van der Waals surface area contributed by atoms with Gasteiger partial charge in [0.15, 0.2) is 0 Å². The molecule has 0 nitrogen and oxygen atoms in total. The van der Waals surface area contributed by atoms with Crippen molar-refractivity contribution in [1.82, 2.24) is 0 Å². The zero-order valence-corrected chi connectivity index (χ0v) is 15.4. The number of hydrogen-bond donors (Lipinski definition) is 0. The summed E-state index contributed by atoms with van der Waals surface area (Å²) in [6.45, 7) is 2.18. The van der Waals surface area contributed by atoms with Gasteiger partial charge in [0.2, 0.25) is 0 Å². The maximum atomic E-state index is 2.32. The molecule has 1 heterocycles. The largest absolute Gasteiger partial charge is 0.135 e. The molecule has 0 aliphatic rings. The van der Waals surface area contributed by atoms with E-state index in [9.17, 15) is 0 Å². The first kappa shape index (κ1) is 15.4. The SMILES string of the molecule is Cc1cc(-c2ccccc2)cc(-c2cccc3c2sc2ccccc23)c1. The number of benzene rings is 4. The van der Waals surface area contributed by atoms with E-state index < -0.39 is 0 Å². The highest BCUT2D eigenvalue weighted by atomic mass is 32.1. The summed E-state index contributed by atoms with van der Waals surface area (Å²) in [7, 11) is 0. The summed E-state index contributed by atoms with van der Waals surface area (Å²) in [6, 6.07) is 32.9. The van der Waals surface area contributed by atoms with Crippen molar-refractivity contribution >= 4 is 31.5 Å². The minimum absolute atomic E-state index is 1.26. The normalized spacial score (nSPS) is 11.3. The lowest BCUT2D eigenvalue weighted by Gasteiger charge is -2.09. The molecule has 0 spiro atoms. The zero-order chi connectivity index (χ0) is 17.5. The van der Waals surface area contributed by atoms with E-state index in [1.165, 1.54) is 48.0 Å². The maximum absolute atomic E-state index is 2.32. The summed E-state index contributed by atoms with van der Waals surface area (Å²) in [5.41, 5.74) is 6.45. The van der Waals surface area contributed by atoms with Crippen molar-refractivity contribution in [2.75, 3.05) is 0 Å².